The van der Waals surface area contributed by atoms with Gasteiger partial charge < -0.3 is 4.74 Å². The number of aromatic nitrogens is 3. The molecule has 3 aromatic rings. The maximum atomic E-state index is 12.9. The van der Waals surface area contributed by atoms with Crippen LogP contribution in [-0.2, 0) is 13.1 Å². The molecule has 8 nitrogen and oxygen atoms in total. The lowest BCUT2D eigenvalue weighted by atomic mass is 10.1. The molecule has 0 saturated carbocycles. The first-order chi connectivity index (χ1) is 13.1. The van der Waals surface area contributed by atoms with Crippen molar-refractivity contribution in [1.82, 2.24) is 14.3 Å². The first-order valence-electron chi connectivity index (χ1n) is 8.24. The molecule has 4 rings (SSSR count). The highest BCUT2D eigenvalue weighted by atomic mass is 16.5. The Morgan fingerprint density at radius 2 is 1.96 bits per heavy atom. The van der Waals surface area contributed by atoms with Crippen LogP contribution < -0.4 is 15.3 Å². The topological polar surface area (TPSA) is 93.2 Å². The molecule has 0 unspecified atom stereocenters. The highest BCUT2D eigenvalue weighted by Gasteiger charge is 2.33. The van der Waals surface area contributed by atoms with E-state index >= 15 is 0 Å². The molecule has 2 aromatic carbocycles. The molecule has 0 saturated heterocycles. The number of nitrogens with zero attached hydrogens (tertiary/aromatic N) is 5. The third kappa shape index (κ3) is 2.85. The Morgan fingerprint density at radius 1 is 1.19 bits per heavy atom. The normalized spacial score (nSPS) is 12.7. The summed E-state index contributed by atoms with van der Waals surface area (Å²) in [4.78, 5) is 30.7. The Kier molecular flexibility index (Phi) is 3.97. The smallest absolute Gasteiger partial charge is 0.364 e. The number of fused-ring (bicyclic) bond motifs is 1. The molecule has 8 heteroatoms. The lowest BCUT2D eigenvalue weighted by Gasteiger charge is -2.16. The van der Waals surface area contributed by atoms with E-state index in [1.165, 1.54) is 9.36 Å². The molecular weight excluding hydrogens is 346 g/mol. The fourth-order valence-electron chi connectivity index (χ4n) is 3.06. The first-order valence-corrected chi connectivity index (χ1v) is 8.24. The predicted octanol–water partition coefficient (Wildman–Crippen LogP) is 1.96. The predicted molar refractivity (Wildman–Crippen MR) is 96.7 cm³/mol. The lowest BCUT2D eigenvalue weighted by molar-refractivity contribution is 0.244. The standard InChI is InChI=1S/C19H15N5O3/c1-27-16-4-2-3-15(9-16)22-12-17-21-18(25)23(24(17)19(22)26)11-14-7-5-13(10-20)6-8-14/h2-9H,11-12H2,1H3. The molecule has 0 bridgehead atoms. The summed E-state index contributed by atoms with van der Waals surface area (Å²) in [5, 5.41) is 8.89. The Labute approximate surface area is 154 Å². The van der Waals surface area contributed by atoms with Crippen LogP contribution in [0.3, 0.4) is 0 Å². The van der Waals surface area contributed by atoms with Gasteiger partial charge in [-0.15, -0.1) is 0 Å². The van der Waals surface area contributed by atoms with Gasteiger partial charge in [0, 0.05) is 11.8 Å². The van der Waals surface area contributed by atoms with Crippen molar-refractivity contribution in [2.24, 2.45) is 0 Å². The molecule has 0 fully saturated rings. The molecule has 134 valence electrons. The van der Waals surface area contributed by atoms with E-state index in [9.17, 15) is 9.59 Å². The molecule has 1 aliphatic rings. The molecule has 0 N–H and O–H groups in total. The zero-order valence-electron chi connectivity index (χ0n) is 14.5. The number of ether oxygens (including phenoxy) is 1. The van der Waals surface area contributed by atoms with Crippen LogP contribution in [0.5, 0.6) is 5.75 Å². The van der Waals surface area contributed by atoms with Gasteiger partial charge in [0.15, 0.2) is 5.82 Å². The second-order valence-electron chi connectivity index (χ2n) is 6.06. The number of carbonyl (C=O) groups is 1. The number of rotatable bonds is 4. The molecule has 0 spiro atoms. The van der Waals surface area contributed by atoms with Crippen LogP contribution in [-0.4, -0.2) is 27.5 Å². The van der Waals surface area contributed by atoms with Gasteiger partial charge in [-0.2, -0.15) is 14.9 Å². The summed E-state index contributed by atoms with van der Waals surface area (Å²) in [7, 11) is 1.56. The summed E-state index contributed by atoms with van der Waals surface area (Å²) in [6.07, 6.45) is 0. The number of nitriles is 1. The van der Waals surface area contributed by atoms with E-state index < -0.39 is 5.69 Å². The minimum Gasteiger partial charge on any atom is -0.497 e. The van der Waals surface area contributed by atoms with Crippen LogP contribution >= 0.6 is 0 Å². The van der Waals surface area contributed by atoms with Gasteiger partial charge in [-0.3, -0.25) is 4.90 Å². The molecule has 1 aliphatic heterocycles. The van der Waals surface area contributed by atoms with Crippen molar-refractivity contribution in [2.75, 3.05) is 12.0 Å². The zero-order valence-corrected chi connectivity index (χ0v) is 14.5. The van der Waals surface area contributed by atoms with Crippen molar-refractivity contribution in [2.45, 2.75) is 13.1 Å². The number of methoxy groups -OCH3 is 1. The second-order valence-corrected chi connectivity index (χ2v) is 6.06. The van der Waals surface area contributed by atoms with Crippen LogP contribution in [0.4, 0.5) is 10.5 Å². The summed E-state index contributed by atoms with van der Waals surface area (Å²) in [5.41, 5.74) is 1.52. The first kappa shape index (κ1) is 16.6. The van der Waals surface area contributed by atoms with E-state index in [4.69, 9.17) is 10.00 Å². The summed E-state index contributed by atoms with van der Waals surface area (Å²) in [5.74, 6) is 1.03. The summed E-state index contributed by atoms with van der Waals surface area (Å²) >= 11 is 0. The molecule has 0 atom stereocenters. The number of hydrogen-bond acceptors (Lipinski definition) is 5. The fourth-order valence-corrected chi connectivity index (χ4v) is 3.06. The van der Waals surface area contributed by atoms with E-state index in [2.05, 4.69) is 4.98 Å². The summed E-state index contributed by atoms with van der Waals surface area (Å²) < 4.78 is 7.82. The molecule has 1 aromatic heterocycles. The third-order valence-electron chi connectivity index (χ3n) is 4.42. The number of amides is 1. The zero-order chi connectivity index (χ0) is 19.0. The minimum absolute atomic E-state index is 0.190. The minimum atomic E-state index is -0.479. The molecule has 0 aliphatic carbocycles. The van der Waals surface area contributed by atoms with E-state index in [0.717, 1.165) is 5.56 Å². The molecular formula is C19H15N5O3. The van der Waals surface area contributed by atoms with Gasteiger partial charge in [0.1, 0.15) is 5.75 Å². The highest BCUT2D eigenvalue weighted by Crippen LogP contribution is 2.26. The molecule has 0 radical (unpaired) electrons. The van der Waals surface area contributed by atoms with E-state index in [-0.39, 0.29) is 19.1 Å². The number of carbonyl (C=O) groups excluding carboxylic acids is 1. The van der Waals surface area contributed by atoms with Crippen molar-refractivity contribution in [3.05, 3.63) is 76.0 Å². The Hall–Kier alpha value is -3.86. The van der Waals surface area contributed by atoms with E-state index in [1.54, 1.807) is 60.5 Å². The number of benzene rings is 2. The molecule has 27 heavy (non-hydrogen) atoms. The average molecular weight is 361 g/mol. The molecule has 2 heterocycles. The van der Waals surface area contributed by atoms with E-state index in [0.29, 0.717) is 22.8 Å². The summed E-state index contributed by atoms with van der Waals surface area (Å²) in [6, 6.07) is 15.7. The largest absolute Gasteiger partial charge is 0.497 e. The lowest BCUT2D eigenvalue weighted by Crippen LogP contribution is -2.34. The van der Waals surface area contributed by atoms with Crippen LogP contribution in [0.1, 0.15) is 17.0 Å². The van der Waals surface area contributed by atoms with Crippen molar-refractivity contribution in [1.29, 1.82) is 5.26 Å². The van der Waals surface area contributed by atoms with Crippen molar-refractivity contribution < 1.29 is 9.53 Å². The van der Waals surface area contributed by atoms with E-state index in [1.807, 2.05) is 6.07 Å². The van der Waals surface area contributed by atoms with Crippen LogP contribution in [0, 0.1) is 11.3 Å². The van der Waals surface area contributed by atoms with Crippen molar-refractivity contribution >= 4 is 11.7 Å². The monoisotopic (exact) mass is 361 g/mol. The van der Waals surface area contributed by atoms with Gasteiger partial charge in [-0.25, -0.2) is 14.3 Å². The van der Waals surface area contributed by atoms with Crippen LogP contribution in [0.15, 0.2) is 53.3 Å². The maximum absolute atomic E-state index is 12.9. The quantitative estimate of drug-likeness (QED) is 0.708. The van der Waals surface area contributed by atoms with Crippen LogP contribution in [0.2, 0.25) is 0 Å². The molecule has 1 amide bonds. The average Bonchev–Trinajstić information content (AvgIpc) is 3.18. The van der Waals surface area contributed by atoms with Crippen molar-refractivity contribution in [3.63, 3.8) is 0 Å². The Morgan fingerprint density at radius 3 is 2.67 bits per heavy atom. The van der Waals surface area contributed by atoms with Gasteiger partial charge in [-0.1, -0.05) is 18.2 Å². The Balaban J connectivity index is 1.66. The number of hydrogen-bond donors (Lipinski definition) is 0. The van der Waals surface area contributed by atoms with Gasteiger partial charge in [0.25, 0.3) is 0 Å². The third-order valence-corrected chi connectivity index (χ3v) is 4.42. The SMILES string of the molecule is COc1cccc(N2Cc3nc(=O)n(Cc4ccc(C#N)cc4)n3C2=O)c1. The van der Waals surface area contributed by atoms with Gasteiger partial charge in [0.05, 0.1) is 31.8 Å². The van der Waals surface area contributed by atoms with Gasteiger partial charge in [0.2, 0.25) is 0 Å². The highest BCUT2D eigenvalue weighted by molar-refractivity contribution is 5.95. The number of anilines is 1. The van der Waals surface area contributed by atoms with Gasteiger partial charge >= 0.3 is 11.7 Å². The van der Waals surface area contributed by atoms with Gasteiger partial charge in [-0.05, 0) is 29.8 Å². The maximum Gasteiger partial charge on any atom is 0.364 e. The fraction of sp³-hybridized carbons (Fsp3) is 0.158. The van der Waals surface area contributed by atoms with Crippen LogP contribution in [0.25, 0.3) is 0 Å². The second kappa shape index (κ2) is 6.46. The summed E-state index contributed by atoms with van der Waals surface area (Å²) in [6.45, 7) is 0.400. The van der Waals surface area contributed by atoms with Crippen molar-refractivity contribution in [3.8, 4) is 11.8 Å². The Bertz CT molecular complexity index is 1120.